The number of nitrogens with one attached hydrogen (secondary N) is 1. The highest BCUT2D eigenvalue weighted by Crippen LogP contribution is 2.18. The van der Waals surface area contributed by atoms with E-state index in [4.69, 9.17) is 0 Å². The zero-order valence-corrected chi connectivity index (χ0v) is 12.5. The molecule has 106 valence electrons. The number of pyridine rings is 1. The zero-order chi connectivity index (χ0) is 14.7. The maximum atomic E-state index is 12.2. The van der Waals surface area contributed by atoms with Gasteiger partial charge in [-0.1, -0.05) is 6.92 Å². The lowest BCUT2D eigenvalue weighted by molar-refractivity contribution is 0.0933. The number of nitrogens with zero attached hydrogens (tertiary/aromatic N) is 2. The number of rotatable bonds is 4. The Morgan fingerprint density at radius 3 is 2.90 bits per heavy atom. The van der Waals surface area contributed by atoms with Crippen LogP contribution in [-0.4, -0.2) is 15.5 Å². The Morgan fingerprint density at radius 2 is 2.30 bits per heavy atom. The molecule has 2 heterocycles. The summed E-state index contributed by atoms with van der Waals surface area (Å²) in [5.41, 5.74) is 0.721. The molecule has 1 unspecified atom stereocenters. The van der Waals surface area contributed by atoms with E-state index in [0.29, 0.717) is 0 Å². The van der Waals surface area contributed by atoms with Crippen molar-refractivity contribution in [2.45, 2.75) is 26.3 Å². The van der Waals surface area contributed by atoms with Gasteiger partial charge in [0.25, 0.3) is 5.91 Å². The van der Waals surface area contributed by atoms with E-state index < -0.39 is 0 Å². The van der Waals surface area contributed by atoms with Crippen molar-refractivity contribution >= 4 is 17.2 Å². The number of thiazole rings is 1. The second kappa shape index (κ2) is 6.00. The standard InChI is InChI=1S/C14H17N3O2S/c1-4-11(14-15-5-6-20-14)16-13(19)10-8-17(3)9(2)7-12(10)18/h5-8,11H,4H2,1-3H3,(H,16,19). The fourth-order valence-corrected chi connectivity index (χ4v) is 2.65. The topological polar surface area (TPSA) is 64.0 Å². The Hall–Kier alpha value is -1.95. The van der Waals surface area contributed by atoms with Gasteiger partial charge in [-0.05, 0) is 13.3 Å². The Balaban J connectivity index is 2.24. The summed E-state index contributed by atoms with van der Waals surface area (Å²) in [5.74, 6) is -0.354. The maximum Gasteiger partial charge on any atom is 0.257 e. The van der Waals surface area contributed by atoms with E-state index in [2.05, 4.69) is 10.3 Å². The number of carbonyl (C=O) groups excluding carboxylic acids is 1. The average molecular weight is 291 g/mol. The molecular formula is C14H17N3O2S. The molecule has 20 heavy (non-hydrogen) atoms. The molecule has 0 saturated heterocycles. The summed E-state index contributed by atoms with van der Waals surface area (Å²) < 4.78 is 1.76. The highest BCUT2D eigenvalue weighted by atomic mass is 32.1. The predicted octanol–water partition coefficient (Wildman–Crippen LogP) is 2.03. The predicted molar refractivity (Wildman–Crippen MR) is 79.0 cm³/mol. The van der Waals surface area contributed by atoms with Gasteiger partial charge in [0.15, 0.2) is 5.43 Å². The van der Waals surface area contributed by atoms with Crippen LogP contribution in [0.25, 0.3) is 0 Å². The van der Waals surface area contributed by atoms with Crippen LogP contribution in [-0.2, 0) is 7.05 Å². The van der Waals surface area contributed by atoms with E-state index in [0.717, 1.165) is 17.1 Å². The molecule has 1 atom stereocenters. The molecule has 0 spiro atoms. The highest BCUT2D eigenvalue weighted by Gasteiger charge is 2.18. The normalized spacial score (nSPS) is 12.2. The zero-order valence-electron chi connectivity index (χ0n) is 11.7. The van der Waals surface area contributed by atoms with E-state index in [9.17, 15) is 9.59 Å². The molecule has 1 N–H and O–H groups in total. The third-order valence-electron chi connectivity index (χ3n) is 3.19. The molecule has 2 aromatic rings. The third-order valence-corrected chi connectivity index (χ3v) is 4.08. The number of hydrogen-bond donors (Lipinski definition) is 1. The molecule has 0 saturated carbocycles. The van der Waals surface area contributed by atoms with Gasteiger partial charge in [-0.15, -0.1) is 11.3 Å². The van der Waals surface area contributed by atoms with Crippen molar-refractivity contribution in [1.82, 2.24) is 14.9 Å². The summed E-state index contributed by atoms with van der Waals surface area (Å²) in [4.78, 5) is 28.4. The van der Waals surface area contributed by atoms with Crippen molar-refractivity contribution in [3.05, 3.63) is 50.3 Å². The molecule has 1 amide bonds. The number of aryl methyl sites for hydroxylation is 2. The van der Waals surface area contributed by atoms with Gasteiger partial charge in [-0.25, -0.2) is 4.98 Å². The van der Waals surface area contributed by atoms with E-state index in [-0.39, 0.29) is 22.9 Å². The summed E-state index contributed by atoms with van der Waals surface area (Å²) >= 11 is 1.49. The van der Waals surface area contributed by atoms with Crippen LogP contribution in [0.5, 0.6) is 0 Å². The van der Waals surface area contributed by atoms with Crippen molar-refractivity contribution in [2.75, 3.05) is 0 Å². The van der Waals surface area contributed by atoms with Gasteiger partial charge in [0.1, 0.15) is 10.6 Å². The Morgan fingerprint density at radius 1 is 1.55 bits per heavy atom. The van der Waals surface area contributed by atoms with Crippen molar-refractivity contribution in [2.24, 2.45) is 7.05 Å². The molecule has 5 nitrogen and oxygen atoms in total. The van der Waals surface area contributed by atoms with E-state index in [1.165, 1.54) is 17.4 Å². The quantitative estimate of drug-likeness (QED) is 0.937. The molecule has 0 aromatic carbocycles. The highest BCUT2D eigenvalue weighted by molar-refractivity contribution is 7.09. The van der Waals surface area contributed by atoms with Gasteiger partial charge >= 0.3 is 0 Å². The Kier molecular flexibility index (Phi) is 4.34. The summed E-state index contributed by atoms with van der Waals surface area (Å²) in [6, 6.07) is 1.31. The van der Waals surface area contributed by atoms with Crippen molar-refractivity contribution in [1.29, 1.82) is 0 Å². The monoisotopic (exact) mass is 291 g/mol. The summed E-state index contributed by atoms with van der Waals surface area (Å²) in [6.07, 6.45) is 4.01. The van der Waals surface area contributed by atoms with E-state index in [1.807, 2.05) is 26.3 Å². The first-order valence-corrected chi connectivity index (χ1v) is 7.28. The fourth-order valence-electron chi connectivity index (χ4n) is 1.88. The lowest BCUT2D eigenvalue weighted by atomic mass is 10.2. The maximum absolute atomic E-state index is 12.2. The minimum atomic E-state index is -0.354. The summed E-state index contributed by atoms with van der Waals surface area (Å²) in [6.45, 7) is 3.80. The van der Waals surface area contributed by atoms with Crippen LogP contribution in [0.3, 0.4) is 0 Å². The van der Waals surface area contributed by atoms with Crippen LogP contribution in [0.4, 0.5) is 0 Å². The Labute approximate surface area is 121 Å². The second-order valence-corrected chi connectivity index (χ2v) is 5.53. The number of aromatic nitrogens is 2. The van der Waals surface area contributed by atoms with E-state index in [1.54, 1.807) is 17.0 Å². The van der Waals surface area contributed by atoms with Crippen LogP contribution in [0.15, 0.2) is 28.6 Å². The first-order chi connectivity index (χ1) is 9.52. The molecular weight excluding hydrogens is 274 g/mol. The van der Waals surface area contributed by atoms with Gasteiger partial charge in [-0.3, -0.25) is 9.59 Å². The molecule has 0 aliphatic carbocycles. The summed E-state index contributed by atoms with van der Waals surface area (Å²) in [7, 11) is 1.81. The van der Waals surface area contributed by atoms with Crippen molar-refractivity contribution < 1.29 is 4.79 Å². The van der Waals surface area contributed by atoms with Gasteiger partial charge in [0, 0.05) is 36.6 Å². The van der Waals surface area contributed by atoms with Crippen LogP contribution in [0, 0.1) is 6.92 Å². The number of carbonyl (C=O) groups is 1. The first kappa shape index (κ1) is 14.5. The van der Waals surface area contributed by atoms with Crippen LogP contribution in [0.2, 0.25) is 0 Å². The number of amides is 1. The van der Waals surface area contributed by atoms with Crippen LogP contribution in [0.1, 0.15) is 40.4 Å². The van der Waals surface area contributed by atoms with Crippen molar-refractivity contribution in [3.63, 3.8) is 0 Å². The van der Waals surface area contributed by atoms with Gasteiger partial charge in [-0.2, -0.15) is 0 Å². The second-order valence-electron chi connectivity index (χ2n) is 4.61. The molecule has 0 bridgehead atoms. The lowest BCUT2D eigenvalue weighted by Gasteiger charge is -2.15. The molecule has 0 radical (unpaired) electrons. The molecule has 2 aromatic heterocycles. The third kappa shape index (κ3) is 2.96. The minimum Gasteiger partial charge on any atom is -0.354 e. The molecule has 6 heteroatoms. The van der Waals surface area contributed by atoms with Crippen molar-refractivity contribution in [3.8, 4) is 0 Å². The SMILES string of the molecule is CCC(NC(=O)c1cn(C)c(C)cc1=O)c1nccs1. The lowest BCUT2D eigenvalue weighted by Crippen LogP contribution is -2.32. The minimum absolute atomic E-state index is 0.159. The molecule has 2 rings (SSSR count). The number of hydrogen-bond acceptors (Lipinski definition) is 4. The Bertz CT molecular complexity index is 662. The molecule has 0 fully saturated rings. The largest absolute Gasteiger partial charge is 0.354 e. The van der Waals surface area contributed by atoms with Gasteiger partial charge < -0.3 is 9.88 Å². The van der Waals surface area contributed by atoms with Crippen LogP contribution < -0.4 is 10.7 Å². The molecule has 0 aliphatic heterocycles. The average Bonchev–Trinajstić information content (AvgIpc) is 2.93. The van der Waals surface area contributed by atoms with Gasteiger partial charge in [0.2, 0.25) is 0 Å². The van der Waals surface area contributed by atoms with E-state index >= 15 is 0 Å². The smallest absolute Gasteiger partial charge is 0.257 e. The van der Waals surface area contributed by atoms with Crippen LogP contribution >= 0.6 is 11.3 Å². The van der Waals surface area contributed by atoms with Gasteiger partial charge in [0.05, 0.1) is 6.04 Å². The summed E-state index contributed by atoms with van der Waals surface area (Å²) in [5, 5.41) is 5.59. The molecule has 0 aliphatic rings. The first-order valence-electron chi connectivity index (χ1n) is 6.40. The fraction of sp³-hybridized carbons (Fsp3) is 0.357.